The topological polar surface area (TPSA) is 90.9 Å². The Balaban J connectivity index is 1.61. The van der Waals surface area contributed by atoms with Crippen molar-refractivity contribution in [2.24, 2.45) is 5.92 Å². The summed E-state index contributed by atoms with van der Waals surface area (Å²) in [5, 5.41) is 4.44. The van der Waals surface area contributed by atoms with Crippen LogP contribution < -0.4 is 5.32 Å². The molecule has 2 aromatic rings. The van der Waals surface area contributed by atoms with Crippen LogP contribution >= 0.6 is 0 Å². The normalized spacial score (nSPS) is 11.5. The summed E-state index contributed by atoms with van der Waals surface area (Å²) in [4.78, 5) is 35.1. The number of hydrogen-bond donors (Lipinski definition) is 1. The molecule has 0 bridgehead atoms. The zero-order valence-electron chi connectivity index (χ0n) is 16.1. The van der Waals surface area contributed by atoms with Gasteiger partial charge >= 0.3 is 18.0 Å². The summed E-state index contributed by atoms with van der Waals surface area (Å²) in [5.41, 5.74) is 0.436. The van der Waals surface area contributed by atoms with Crippen LogP contribution in [0.25, 0.3) is 10.8 Å². The van der Waals surface area contributed by atoms with Gasteiger partial charge in [-0.1, -0.05) is 44.2 Å². The quantitative estimate of drug-likeness (QED) is 0.403. The molecule has 150 valence electrons. The second kappa shape index (κ2) is 10.9. The molecule has 0 aromatic heterocycles. The number of carbonyl (C=O) groups excluding carboxylic acids is 3. The Hall–Kier alpha value is -3.09. The number of benzene rings is 2. The van der Waals surface area contributed by atoms with Crippen LogP contribution in [0, 0.1) is 5.92 Å². The number of fused-ring (bicyclic) bond motifs is 1. The van der Waals surface area contributed by atoms with E-state index in [1.165, 1.54) is 0 Å². The Kier molecular flexibility index (Phi) is 8.27. The van der Waals surface area contributed by atoms with Crippen molar-refractivity contribution < 1.29 is 28.6 Å². The van der Waals surface area contributed by atoms with Gasteiger partial charge in [-0.3, -0.25) is 4.79 Å². The molecular weight excluding hydrogens is 362 g/mol. The molecule has 28 heavy (non-hydrogen) atoms. The van der Waals surface area contributed by atoms with Gasteiger partial charge in [-0.25, -0.2) is 9.59 Å². The van der Waals surface area contributed by atoms with Gasteiger partial charge in [0.1, 0.15) is 19.8 Å². The van der Waals surface area contributed by atoms with Gasteiger partial charge < -0.3 is 19.5 Å². The van der Waals surface area contributed by atoms with Crippen molar-refractivity contribution in [1.29, 1.82) is 0 Å². The maximum absolute atomic E-state index is 12.1. The van der Waals surface area contributed by atoms with E-state index < -0.39 is 12.1 Å². The number of alkyl carbamates (subject to hydrolysis) is 1. The second-order valence-electron chi connectivity index (χ2n) is 6.24. The van der Waals surface area contributed by atoms with E-state index in [9.17, 15) is 14.4 Å². The zero-order chi connectivity index (χ0) is 20.4. The third kappa shape index (κ3) is 6.57. The summed E-state index contributed by atoms with van der Waals surface area (Å²) < 4.78 is 15.0. The average molecular weight is 387 g/mol. The summed E-state index contributed by atoms with van der Waals surface area (Å²) in [6, 6.07) is 13.0. The lowest BCUT2D eigenvalue weighted by Gasteiger charge is -2.10. The van der Waals surface area contributed by atoms with Crippen LogP contribution in [-0.2, 0) is 19.0 Å². The molecule has 0 spiro atoms. The number of ether oxygens (including phenoxy) is 3. The van der Waals surface area contributed by atoms with Crippen molar-refractivity contribution >= 4 is 28.8 Å². The highest BCUT2D eigenvalue weighted by Gasteiger charge is 2.12. The maximum atomic E-state index is 12.1. The van der Waals surface area contributed by atoms with E-state index in [1.54, 1.807) is 19.1 Å². The van der Waals surface area contributed by atoms with E-state index in [0.717, 1.165) is 10.8 Å². The third-order valence-corrected chi connectivity index (χ3v) is 4.17. The fourth-order valence-corrected chi connectivity index (χ4v) is 2.33. The molecule has 0 aliphatic rings. The third-order valence-electron chi connectivity index (χ3n) is 4.17. The molecule has 7 heteroatoms. The van der Waals surface area contributed by atoms with E-state index in [4.69, 9.17) is 14.2 Å². The van der Waals surface area contributed by atoms with Gasteiger partial charge in [0.25, 0.3) is 0 Å². The van der Waals surface area contributed by atoms with Crippen molar-refractivity contribution in [1.82, 2.24) is 5.32 Å². The molecule has 7 nitrogen and oxygen atoms in total. The number of rotatable bonds is 9. The number of carbonyl (C=O) groups is 3. The first kappa shape index (κ1) is 21.2. The molecule has 1 unspecified atom stereocenters. The van der Waals surface area contributed by atoms with Gasteiger partial charge in [0.05, 0.1) is 18.0 Å². The minimum Gasteiger partial charge on any atom is -0.464 e. The van der Waals surface area contributed by atoms with Crippen molar-refractivity contribution in [2.45, 2.75) is 20.3 Å². The number of nitrogens with one attached hydrogen (secondary N) is 1. The van der Waals surface area contributed by atoms with Gasteiger partial charge in [-0.15, -0.1) is 0 Å². The number of hydrogen-bond acceptors (Lipinski definition) is 6. The van der Waals surface area contributed by atoms with Crippen molar-refractivity contribution in [3.63, 3.8) is 0 Å². The van der Waals surface area contributed by atoms with Crippen molar-refractivity contribution in [3.8, 4) is 0 Å². The summed E-state index contributed by atoms with van der Waals surface area (Å²) >= 11 is 0. The lowest BCUT2D eigenvalue weighted by molar-refractivity contribution is -0.147. The van der Waals surface area contributed by atoms with Gasteiger partial charge in [0.15, 0.2) is 0 Å². The molecule has 1 atom stereocenters. The van der Waals surface area contributed by atoms with Gasteiger partial charge in [-0.05, 0) is 29.3 Å². The minimum atomic E-state index is -0.665. The van der Waals surface area contributed by atoms with E-state index in [-0.39, 0.29) is 38.3 Å². The Morgan fingerprint density at radius 2 is 1.64 bits per heavy atom. The predicted molar refractivity (Wildman–Crippen MR) is 104 cm³/mol. The van der Waals surface area contributed by atoms with Crippen LogP contribution in [0.4, 0.5) is 4.79 Å². The smallest absolute Gasteiger partial charge is 0.407 e. The van der Waals surface area contributed by atoms with Gasteiger partial charge in [0, 0.05) is 0 Å². The Labute approximate surface area is 164 Å². The number of amides is 1. The largest absolute Gasteiger partial charge is 0.464 e. The first-order valence-corrected chi connectivity index (χ1v) is 9.24. The molecule has 0 fully saturated rings. The monoisotopic (exact) mass is 387 g/mol. The highest BCUT2D eigenvalue weighted by molar-refractivity contribution is 5.95. The van der Waals surface area contributed by atoms with Crippen LogP contribution in [0.1, 0.15) is 30.6 Å². The molecule has 0 radical (unpaired) electrons. The molecule has 0 aliphatic carbocycles. The molecule has 0 saturated heterocycles. The standard InChI is InChI=1S/C21H25NO6/c1-3-15(2)19(23)26-11-10-22-21(25)28-13-12-27-20(24)18-9-8-16-6-4-5-7-17(16)14-18/h4-9,14-15H,3,10-13H2,1-2H3,(H,22,25). The van der Waals surface area contributed by atoms with Crippen molar-refractivity contribution in [3.05, 3.63) is 48.0 Å². The van der Waals surface area contributed by atoms with E-state index in [1.807, 2.05) is 37.3 Å². The lowest BCUT2D eigenvalue weighted by Crippen LogP contribution is -2.30. The van der Waals surface area contributed by atoms with E-state index in [2.05, 4.69) is 5.32 Å². The molecule has 0 aliphatic heterocycles. The molecule has 0 saturated carbocycles. The SMILES string of the molecule is CCC(C)C(=O)OCCNC(=O)OCCOC(=O)c1ccc2ccccc2c1. The fraction of sp³-hybridized carbons (Fsp3) is 0.381. The lowest BCUT2D eigenvalue weighted by atomic mass is 10.1. The van der Waals surface area contributed by atoms with E-state index >= 15 is 0 Å². The molecule has 2 rings (SSSR count). The highest BCUT2D eigenvalue weighted by Crippen LogP contribution is 2.16. The van der Waals surface area contributed by atoms with E-state index in [0.29, 0.717) is 12.0 Å². The van der Waals surface area contributed by atoms with Crippen LogP contribution in [0.2, 0.25) is 0 Å². The summed E-state index contributed by atoms with van der Waals surface area (Å²) in [6.45, 7) is 3.78. The van der Waals surface area contributed by atoms with Crippen LogP contribution in [0.3, 0.4) is 0 Å². The first-order valence-electron chi connectivity index (χ1n) is 9.24. The zero-order valence-corrected chi connectivity index (χ0v) is 16.1. The Morgan fingerprint density at radius 1 is 0.929 bits per heavy atom. The molecule has 0 heterocycles. The van der Waals surface area contributed by atoms with Crippen LogP contribution in [-0.4, -0.2) is 44.4 Å². The fourth-order valence-electron chi connectivity index (χ4n) is 2.33. The molecule has 1 amide bonds. The van der Waals surface area contributed by atoms with Crippen molar-refractivity contribution in [2.75, 3.05) is 26.4 Å². The predicted octanol–water partition coefficient (Wildman–Crippen LogP) is 3.31. The molecule has 1 N–H and O–H groups in total. The van der Waals surface area contributed by atoms with Gasteiger partial charge in [-0.2, -0.15) is 0 Å². The highest BCUT2D eigenvalue weighted by atomic mass is 16.6. The summed E-state index contributed by atoms with van der Waals surface area (Å²) in [7, 11) is 0. The first-order chi connectivity index (χ1) is 13.5. The summed E-state index contributed by atoms with van der Waals surface area (Å²) in [6.07, 6.45) is 0.0352. The molecular formula is C21H25NO6. The van der Waals surface area contributed by atoms with Crippen LogP contribution in [0.15, 0.2) is 42.5 Å². The average Bonchev–Trinajstić information content (AvgIpc) is 2.72. The Bertz CT molecular complexity index is 819. The minimum absolute atomic E-state index is 0.0535. The van der Waals surface area contributed by atoms with Gasteiger partial charge in [0.2, 0.25) is 0 Å². The van der Waals surface area contributed by atoms with Crippen LogP contribution in [0.5, 0.6) is 0 Å². The Morgan fingerprint density at radius 3 is 2.39 bits per heavy atom. The summed E-state index contributed by atoms with van der Waals surface area (Å²) in [5.74, 6) is -0.936. The maximum Gasteiger partial charge on any atom is 0.407 e. The number of esters is 2. The second-order valence-corrected chi connectivity index (χ2v) is 6.24. The molecule has 2 aromatic carbocycles.